The van der Waals surface area contributed by atoms with Crippen molar-refractivity contribution < 1.29 is 0 Å². The fourth-order valence-corrected chi connectivity index (χ4v) is 2.56. The lowest BCUT2D eigenvalue weighted by molar-refractivity contribution is 0.766. The molecule has 1 heterocycles. The lowest BCUT2D eigenvalue weighted by atomic mass is 10.1. The fraction of sp³-hybridized carbons (Fsp3) is 0.308. The molecule has 0 amide bonds. The predicted molar refractivity (Wildman–Crippen MR) is 73.1 cm³/mol. The van der Waals surface area contributed by atoms with Crippen LogP contribution in [0.1, 0.15) is 12.0 Å². The molecule has 0 aliphatic rings. The largest absolute Gasteiger partial charge is 0.399 e. The number of anilines is 1. The van der Waals surface area contributed by atoms with Crippen molar-refractivity contribution in [3.8, 4) is 0 Å². The van der Waals surface area contributed by atoms with E-state index in [1.807, 2.05) is 48.0 Å². The van der Waals surface area contributed by atoms with Crippen LogP contribution in [0.15, 0.2) is 41.6 Å². The van der Waals surface area contributed by atoms with E-state index in [1.54, 1.807) is 0 Å². The SMILES string of the molecule is Cn1cc(SCCCc2cccc(N)c2)cn1. The van der Waals surface area contributed by atoms with E-state index in [0.717, 1.165) is 24.3 Å². The van der Waals surface area contributed by atoms with E-state index in [-0.39, 0.29) is 0 Å². The number of aromatic nitrogens is 2. The number of nitrogens with two attached hydrogens (primary N) is 1. The van der Waals surface area contributed by atoms with E-state index in [2.05, 4.69) is 17.2 Å². The van der Waals surface area contributed by atoms with Gasteiger partial charge in [0, 0.05) is 23.8 Å². The number of rotatable bonds is 5. The van der Waals surface area contributed by atoms with E-state index < -0.39 is 0 Å². The highest BCUT2D eigenvalue weighted by Crippen LogP contribution is 2.18. The van der Waals surface area contributed by atoms with Crippen LogP contribution in [0, 0.1) is 0 Å². The molecule has 2 rings (SSSR count). The van der Waals surface area contributed by atoms with Crippen molar-refractivity contribution in [2.45, 2.75) is 17.7 Å². The van der Waals surface area contributed by atoms with Crippen molar-refractivity contribution in [2.24, 2.45) is 7.05 Å². The molecule has 2 N–H and O–H groups in total. The molecular weight excluding hydrogens is 230 g/mol. The fourth-order valence-electron chi connectivity index (χ4n) is 1.69. The van der Waals surface area contributed by atoms with Crippen LogP contribution < -0.4 is 5.73 Å². The molecule has 3 nitrogen and oxygen atoms in total. The third-order valence-corrected chi connectivity index (χ3v) is 3.55. The minimum atomic E-state index is 0.849. The highest BCUT2D eigenvalue weighted by atomic mass is 32.2. The van der Waals surface area contributed by atoms with E-state index in [4.69, 9.17) is 5.73 Å². The summed E-state index contributed by atoms with van der Waals surface area (Å²) in [6, 6.07) is 8.12. The molecule has 90 valence electrons. The van der Waals surface area contributed by atoms with Crippen molar-refractivity contribution >= 4 is 17.4 Å². The van der Waals surface area contributed by atoms with Crippen LogP contribution in [0.3, 0.4) is 0 Å². The molecule has 0 unspecified atom stereocenters. The predicted octanol–water partition coefficient (Wildman–Crippen LogP) is 2.73. The molecule has 4 heteroatoms. The number of hydrogen-bond acceptors (Lipinski definition) is 3. The Kier molecular flexibility index (Phi) is 4.09. The summed E-state index contributed by atoms with van der Waals surface area (Å²) in [5.41, 5.74) is 7.91. The number of nitrogens with zero attached hydrogens (tertiary/aromatic N) is 2. The molecule has 0 aliphatic carbocycles. The Morgan fingerprint density at radius 1 is 1.41 bits per heavy atom. The summed E-state index contributed by atoms with van der Waals surface area (Å²) in [5, 5.41) is 4.14. The summed E-state index contributed by atoms with van der Waals surface area (Å²) in [6.07, 6.45) is 6.19. The van der Waals surface area contributed by atoms with Gasteiger partial charge in [-0.25, -0.2) is 0 Å². The Morgan fingerprint density at radius 2 is 2.29 bits per heavy atom. The average Bonchev–Trinajstić information content (AvgIpc) is 2.71. The Bertz CT molecular complexity index is 479. The third kappa shape index (κ3) is 3.82. The number of hydrogen-bond donors (Lipinski definition) is 1. The summed E-state index contributed by atoms with van der Waals surface area (Å²) in [6.45, 7) is 0. The van der Waals surface area contributed by atoms with Crippen LogP contribution >= 0.6 is 11.8 Å². The van der Waals surface area contributed by atoms with E-state index >= 15 is 0 Å². The smallest absolute Gasteiger partial charge is 0.0625 e. The first-order valence-corrected chi connectivity index (χ1v) is 6.68. The first kappa shape index (κ1) is 12.0. The van der Waals surface area contributed by atoms with E-state index in [1.165, 1.54) is 10.5 Å². The summed E-state index contributed by atoms with van der Waals surface area (Å²) in [5.74, 6) is 1.11. The maximum atomic E-state index is 5.74. The van der Waals surface area contributed by atoms with Crippen molar-refractivity contribution in [1.29, 1.82) is 0 Å². The Balaban J connectivity index is 1.73. The van der Waals surface area contributed by atoms with Crippen LogP contribution in [-0.4, -0.2) is 15.5 Å². The standard InChI is InChI=1S/C13H17N3S/c1-16-10-13(9-15-16)17-7-3-5-11-4-2-6-12(14)8-11/h2,4,6,8-10H,3,5,7,14H2,1H3. The number of aryl methyl sites for hydroxylation is 2. The molecule has 0 radical (unpaired) electrons. The Hall–Kier alpha value is -1.42. The quantitative estimate of drug-likeness (QED) is 0.502. The Morgan fingerprint density at radius 3 is 3.00 bits per heavy atom. The molecule has 17 heavy (non-hydrogen) atoms. The van der Waals surface area contributed by atoms with Gasteiger partial charge in [0.2, 0.25) is 0 Å². The van der Waals surface area contributed by atoms with Crippen LogP contribution in [-0.2, 0) is 13.5 Å². The second-order valence-electron chi connectivity index (χ2n) is 4.05. The molecule has 0 aliphatic heterocycles. The van der Waals surface area contributed by atoms with E-state index in [0.29, 0.717) is 0 Å². The van der Waals surface area contributed by atoms with Crippen molar-refractivity contribution in [3.63, 3.8) is 0 Å². The highest BCUT2D eigenvalue weighted by molar-refractivity contribution is 7.99. The van der Waals surface area contributed by atoms with Gasteiger partial charge in [0.15, 0.2) is 0 Å². The molecule has 0 spiro atoms. The van der Waals surface area contributed by atoms with Crippen LogP contribution in [0.25, 0.3) is 0 Å². The lowest BCUT2D eigenvalue weighted by Gasteiger charge is -2.02. The van der Waals surface area contributed by atoms with Gasteiger partial charge < -0.3 is 5.73 Å². The van der Waals surface area contributed by atoms with Gasteiger partial charge >= 0.3 is 0 Å². The molecule has 0 atom stereocenters. The highest BCUT2D eigenvalue weighted by Gasteiger charge is 1.98. The van der Waals surface area contributed by atoms with Crippen molar-refractivity contribution in [3.05, 3.63) is 42.2 Å². The topological polar surface area (TPSA) is 43.8 Å². The van der Waals surface area contributed by atoms with Gasteiger partial charge in [-0.3, -0.25) is 4.68 Å². The van der Waals surface area contributed by atoms with Gasteiger partial charge in [-0.05, 0) is 36.3 Å². The van der Waals surface area contributed by atoms with Gasteiger partial charge in [-0.15, -0.1) is 11.8 Å². The number of benzene rings is 1. The van der Waals surface area contributed by atoms with Crippen LogP contribution in [0.5, 0.6) is 0 Å². The zero-order chi connectivity index (χ0) is 12.1. The van der Waals surface area contributed by atoms with Gasteiger partial charge in [-0.1, -0.05) is 12.1 Å². The molecule has 2 aromatic rings. The van der Waals surface area contributed by atoms with Crippen molar-refractivity contribution in [2.75, 3.05) is 11.5 Å². The molecule has 1 aromatic carbocycles. The molecule has 0 fully saturated rings. The first-order chi connectivity index (χ1) is 8.24. The average molecular weight is 247 g/mol. The van der Waals surface area contributed by atoms with Gasteiger partial charge in [-0.2, -0.15) is 5.10 Å². The first-order valence-electron chi connectivity index (χ1n) is 5.70. The van der Waals surface area contributed by atoms with Gasteiger partial charge in [0.25, 0.3) is 0 Å². The molecule has 0 bridgehead atoms. The summed E-state index contributed by atoms with van der Waals surface area (Å²) < 4.78 is 1.83. The van der Waals surface area contributed by atoms with Gasteiger partial charge in [0.05, 0.1) is 6.20 Å². The van der Waals surface area contributed by atoms with Crippen LogP contribution in [0.4, 0.5) is 5.69 Å². The molecule has 1 aromatic heterocycles. The summed E-state index contributed by atoms with van der Waals surface area (Å²) >= 11 is 1.85. The number of thioether (sulfide) groups is 1. The minimum Gasteiger partial charge on any atom is -0.399 e. The third-order valence-electron chi connectivity index (χ3n) is 2.51. The van der Waals surface area contributed by atoms with Crippen molar-refractivity contribution in [1.82, 2.24) is 9.78 Å². The summed E-state index contributed by atoms with van der Waals surface area (Å²) in [4.78, 5) is 1.24. The normalized spacial score (nSPS) is 10.6. The van der Waals surface area contributed by atoms with E-state index in [9.17, 15) is 0 Å². The molecule has 0 saturated carbocycles. The molecular formula is C13H17N3S. The van der Waals surface area contributed by atoms with Crippen LogP contribution in [0.2, 0.25) is 0 Å². The maximum absolute atomic E-state index is 5.74. The Labute approximate surface area is 106 Å². The maximum Gasteiger partial charge on any atom is 0.0625 e. The zero-order valence-electron chi connectivity index (χ0n) is 9.97. The monoisotopic (exact) mass is 247 g/mol. The molecule has 0 saturated heterocycles. The second kappa shape index (κ2) is 5.77. The number of nitrogen functional groups attached to an aromatic ring is 1. The van der Waals surface area contributed by atoms with Gasteiger partial charge in [0.1, 0.15) is 0 Å². The minimum absolute atomic E-state index is 0.849. The zero-order valence-corrected chi connectivity index (χ0v) is 10.8. The lowest BCUT2D eigenvalue weighted by Crippen LogP contribution is -1.90. The summed E-state index contributed by atoms with van der Waals surface area (Å²) in [7, 11) is 1.94. The second-order valence-corrected chi connectivity index (χ2v) is 5.22.